The monoisotopic (exact) mass is 402 g/mol. The molecule has 6 nitrogen and oxygen atoms in total. The molecule has 3 rings (SSSR count). The third-order valence-corrected chi connectivity index (χ3v) is 6.36. The van der Waals surface area contributed by atoms with Crippen LogP contribution in [0.1, 0.15) is 59.8 Å². The number of rotatable bonds is 6. The van der Waals surface area contributed by atoms with Crippen molar-refractivity contribution in [3.05, 3.63) is 24.3 Å². The molecule has 0 radical (unpaired) electrons. The van der Waals surface area contributed by atoms with Crippen LogP contribution in [0, 0.1) is 5.41 Å². The lowest BCUT2D eigenvalue weighted by atomic mass is 9.84. The van der Waals surface area contributed by atoms with Gasteiger partial charge in [0.25, 0.3) is 0 Å². The van der Waals surface area contributed by atoms with Gasteiger partial charge in [-0.1, -0.05) is 26.0 Å². The van der Waals surface area contributed by atoms with E-state index in [1.807, 2.05) is 36.9 Å². The molecule has 160 valence electrons. The highest BCUT2D eigenvalue weighted by atomic mass is 16.5. The molecule has 0 spiro atoms. The van der Waals surface area contributed by atoms with E-state index in [4.69, 9.17) is 9.84 Å². The second kappa shape index (κ2) is 7.88. The largest absolute Gasteiger partial charge is 0.495 e. The molecule has 2 saturated heterocycles. The maximum Gasteiger partial charge on any atom is 0.303 e. The molecule has 1 amide bonds. The van der Waals surface area contributed by atoms with E-state index in [1.54, 1.807) is 7.11 Å². The van der Waals surface area contributed by atoms with Crippen molar-refractivity contribution in [2.24, 2.45) is 5.41 Å². The quantitative estimate of drug-likeness (QED) is 0.781. The molecule has 2 atom stereocenters. The van der Waals surface area contributed by atoms with Crippen molar-refractivity contribution >= 4 is 17.6 Å². The van der Waals surface area contributed by atoms with Gasteiger partial charge in [-0.25, -0.2) is 0 Å². The number of carboxylic acids is 1. The molecule has 29 heavy (non-hydrogen) atoms. The van der Waals surface area contributed by atoms with E-state index < -0.39 is 11.4 Å². The summed E-state index contributed by atoms with van der Waals surface area (Å²) in [7, 11) is 1.70. The minimum Gasteiger partial charge on any atom is -0.495 e. The minimum atomic E-state index is -0.858. The average Bonchev–Trinajstić information content (AvgIpc) is 2.89. The zero-order valence-corrected chi connectivity index (χ0v) is 18.3. The number of para-hydroxylation sites is 2. The van der Waals surface area contributed by atoms with E-state index in [0.717, 1.165) is 37.2 Å². The maximum absolute atomic E-state index is 13.2. The van der Waals surface area contributed by atoms with E-state index in [9.17, 15) is 9.59 Å². The fourth-order valence-corrected chi connectivity index (χ4v) is 5.27. The number of likely N-dealkylation sites (tertiary alicyclic amines) is 1. The van der Waals surface area contributed by atoms with Crippen molar-refractivity contribution in [1.29, 1.82) is 0 Å². The Balaban J connectivity index is 1.86. The number of piperidine rings is 1. The summed E-state index contributed by atoms with van der Waals surface area (Å²) in [6.07, 6.45) is 3.14. The number of aliphatic carboxylic acids is 1. The number of hydrogen-bond acceptors (Lipinski definition) is 4. The molecule has 0 aromatic heterocycles. The van der Waals surface area contributed by atoms with Gasteiger partial charge in [-0.2, -0.15) is 0 Å². The van der Waals surface area contributed by atoms with Crippen LogP contribution in [0.3, 0.4) is 0 Å². The van der Waals surface area contributed by atoms with Crippen molar-refractivity contribution in [2.75, 3.05) is 18.6 Å². The molecule has 1 aromatic rings. The number of carbonyl (C=O) groups excluding carboxylic acids is 1. The number of carboxylic acid groups (broad SMARTS) is 1. The molecule has 0 unspecified atom stereocenters. The Morgan fingerprint density at radius 1 is 1.21 bits per heavy atom. The number of anilines is 1. The Labute approximate surface area is 173 Å². The Morgan fingerprint density at radius 3 is 2.55 bits per heavy atom. The van der Waals surface area contributed by atoms with Gasteiger partial charge in [0.05, 0.1) is 31.3 Å². The first-order valence-electron chi connectivity index (χ1n) is 10.5. The van der Waals surface area contributed by atoms with Gasteiger partial charge >= 0.3 is 5.97 Å². The molecule has 1 aromatic carbocycles. The number of hydrogen-bond donors (Lipinski definition) is 1. The highest BCUT2D eigenvalue weighted by Crippen LogP contribution is 2.46. The molecule has 0 saturated carbocycles. The van der Waals surface area contributed by atoms with E-state index in [2.05, 4.69) is 24.8 Å². The van der Waals surface area contributed by atoms with Gasteiger partial charge in [0.1, 0.15) is 5.75 Å². The number of fused-ring (bicyclic) bond motifs is 1. The Hall–Kier alpha value is -2.24. The normalized spacial score (nSPS) is 23.6. The van der Waals surface area contributed by atoms with Crippen LogP contribution in [0.15, 0.2) is 24.3 Å². The topological polar surface area (TPSA) is 70.1 Å². The number of amides is 1. The first-order chi connectivity index (χ1) is 13.6. The van der Waals surface area contributed by atoms with E-state index >= 15 is 0 Å². The second-order valence-electron chi connectivity index (χ2n) is 9.83. The van der Waals surface area contributed by atoms with Crippen molar-refractivity contribution in [2.45, 2.75) is 77.4 Å². The molecular weight excluding hydrogens is 368 g/mol. The van der Waals surface area contributed by atoms with Gasteiger partial charge in [-0.05, 0) is 50.7 Å². The first-order valence-corrected chi connectivity index (χ1v) is 10.5. The van der Waals surface area contributed by atoms with Crippen molar-refractivity contribution in [3.8, 4) is 5.75 Å². The summed E-state index contributed by atoms with van der Waals surface area (Å²) in [5, 5.41) is 9.16. The molecule has 2 heterocycles. The standard InChI is InChI=1S/C23H34N2O4/c1-22(2,15-21(27)28)14-20(26)24-12-8-10-16-18(24)13-23(3,4)25(16)17-9-6-7-11-19(17)29-5/h6-7,9,11,16,18H,8,10,12-15H2,1-5H3,(H,27,28)/t16-,18-/m0/s1. The van der Waals surface area contributed by atoms with E-state index in [0.29, 0.717) is 0 Å². The predicted molar refractivity (Wildman–Crippen MR) is 113 cm³/mol. The molecule has 0 aliphatic carbocycles. The van der Waals surface area contributed by atoms with Crippen molar-refractivity contribution in [3.63, 3.8) is 0 Å². The van der Waals surface area contributed by atoms with Gasteiger partial charge < -0.3 is 19.6 Å². The smallest absolute Gasteiger partial charge is 0.303 e. The Kier molecular flexibility index (Phi) is 5.84. The summed E-state index contributed by atoms with van der Waals surface area (Å²) >= 11 is 0. The van der Waals surface area contributed by atoms with E-state index in [-0.39, 0.29) is 36.4 Å². The zero-order chi connectivity index (χ0) is 21.4. The summed E-state index contributed by atoms with van der Waals surface area (Å²) in [5.74, 6) is 0.0690. The van der Waals surface area contributed by atoms with Crippen LogP contribution in [0.4, 0.5) is 5.69 Å². The first kappa shape index (κ1) is 21.5. The van der Waals surface area contributed by atoms with Crippen LogP contribution in [0.2, 0.25) is 0 Å². The van der Waals surface area contributed by atoms with Gasteiger partial charge in [0, 0.05) is 18.5 Å². The lowest BCUT2D eigenvalue weighted by Gasteiger charge is -2.43. The maximum atomic E-state index is 13.2. The van der Waals surface area contributed by atoms with Crippen molar-refractivity contribution in [1.82, 2.24) is 4.90 Å². The van der Waals surface area contributed by atoms with Crippen LogP contribution in [-0.4, -0.2) is 53.2 Å². The second-order valence-corrected chi connectivity index (χ2v) is 9.83. The highest BCUT2D eigenvalue weighted by Gasteiger charge is 2.51. The Bertz CT molecular complexity index is 774. The fourth-order valence-electron chi connectivity index (χ4n) is 5.27. The number of nitrogens with zero attached hydrogens (tertiary/aromatic N) is 2. The SMILES string of the molecule is COc1ccccc1N1[C@H]2CCCN(C(=O)CC(C)(C)CC(=O)O)[C@H]2CC1(C)C. The number of benzene rings is 1. The number of carbonyl (C=O) groups is 2. The predicted octanol–water partition coefficient (Wildman–Crippen LogP) is 3.93. The van der Waals surface area contributed by atoms with Gasteiger partial charge in [0.15, 0.2) is 0 Å². The molecule has 1 N–H and O–H groups in total. The lowest BCUT2D eigenvalue weighted by Crippen LogP contribution is -2.53. The van der Waals surface area contributed by atoms with E-state index in [1.165, 1.54) is 0 Å². The summed E-state index contributed by atoms with van der Waals surface area (Å²) in [6, 6.07) is 8.46. The molecule has 2 aliphatic rings. The molecule has 6 heteroatoms. The number of methoxy groups -OCH3 is 1. The van der Waals surface area contributed by atoms with Gasteiger partial charge in [-0.15, -0.1) is 0 Å². The summed E-state index contributed by atoms with van der Waals surface area (Å²) in [5.41, 5.74) is 0.420. The minimum absolute atomic E-state index is 0.000489. The van der Waals surface area contributed by atoms with Gasteiger partial charge in [0.2, 0.25) is 5.91 Å². The Morgan fingerprint density at radius 2 is 1.90 bits per heavy atom. The van der Waals surface area contributed by atoms with Crippen LogP contribution in [0.5, 0.6) is 5.75 Å². The fraction of sp³-hybridized carbons (Fsp3) is 0.652. The molecule has 2 aliphatic heterocycles. The highest BCUT2D eigenvalue weighted by molar-refractivity contribution is 5.79. The third kappa shape index (κ3) is 4.36. The van der Waals surface area contributed by atoms with Crippen LogP contribution in [0.25, 0.3) is 0 Å². The summed E-state index contributed by atoms with van der Waals surface area (Å²) in [4.78, 5) is 28.8. The van der Waals surface area contributed by atoms with Crippen LogP contribution in [-0.2, 0) is 9.59 Å². The zero-order valence-electron chi connectivity index (χ0n) is 18.3. The van der Waals surface area contributed by atoms with Crippen LogP contribution >= 0.6 is 0 Å². The lowest BCUT2D eigenvalue weighted by molar-refractivity contribution is -0.141. The molecule has 2 fully saturated rings. The average molecular weight is 403 g/mol. The summed E-state index contributed by atoms with van der Waals surface area (Å²) in [6.45, 7) is 8.93. The van der Waals surface area contributed by atoms with Crippen LogP contribution < -0.4 is 9.64 Å². The van der Waals surface area contributed by atoms with Gasteiger partial charge in [-0.3, -0.25) is 9.59 Å². The molecular formula is C23H34N2O4. The summed E-state index contributed by atoms with van der Waals surface area (Å²) < 4.78 is 5.63. The third-order valence-electron chi connectivity index (χ3n) is 6.36. The number of ether oxygens (including phenoxy) is 1. The van der Waals surface area contributed by atoms with Crippen molar-refractivity contribution < 1.29 is 19.4 Å². The molecule has 0 bridgehead atoms.